The summed E-state index contributed by atoms with van der Waals surface area (Å²) in [6.45, 7) is 8.21. The van der Waals surface area contributed by atoms with E-state index in [0.717, 1.165) is 0 Å². The Kier molecular flexibility index (Phi) is 24.4. The van der Waals surface area contributed by atoms with E-state index in [9.17, 15) is 0 Å². The maximum Gasteiger partial charge on any atom is 0.116 e. The van der Waals surface area contributed by atoms with E-state index < -0.39 is 0 Å². The number of quaternary nitrogens is 1. The number of hydrogen-bond donors (Lipinski definition) is 1. The van der Waals surface area contributed by atoms with Crippen molar-refractivity contribution in [2.75, 3.05) is 6.54 Å². The van der Waals surface area contributed by atoms with Crippen molar-refractivity contribution >= 4 is 0 Å². The zero-order chi connectivity index (χ0) is 17.5. The quantitative estimate of drug-likeness (QED) is 0.285. The molecule has 0 aliphatic rings. The third kappa shape index (κ3) is 16.7. The van der Waals surface area contributed by atoms with Gasteiger partial charge in [0.15, 0.2) is 0 Å². The third-order valence-electron chi connectivity index (χ3n) is 5.23. The summed E-state index contributed by atoms with van der Waals surface area (Å²) in [5.74, 6) is 0. The average molecular weight is 439 g/mol. The highest BCUT2D eigenvalue weighted by molar-refractivity contribution is 5.19. The lowest BCUT2D eigenvalue weighted by Gasteiger charge is -2.23. The van der Waals surface area contributed by atoms with Gasteiger partial charge < -0.3 is 42.5 Å². The molecule has 0 aliphatic carbocycles. The summed E-state index contributed by atoms with van der Waals surface area (Å²) in [5.41, 5.74) is 1.64. The van der Waals surface area contributed by atoms with Crippen LogP contribution in [0.3, 0.4) is 0 Å². The number of rotatable bonds is 15. The molecule has 0 aromatic heterocycles. The van der Waals surface area contributed by atoms with Crippen LogP contribution in [0.1, 0.15) is 103 Å². The Morgan fingerprint density at radius 3 is 1.48 bits per heavy atom. The second kappa shape index (κ2) is 20.8. The van der Waals surface area contributed by atoms with E-state index in [1.54, 1.807) is 0 Å². The van der Waals surface area contributed by atoms with E-state index in [0.29, 0.717) is 0 Å². The molecule has 1 rings (SSSR count). The number of nitrogens with two attached hydrogens (primary N) is 1. The molecule has 0 heterocycles. The molecule has 0 amide bonds. The predicted molar refractivity (Wildman–Crippen MR) is 107 cm³/mol. The van der Waals surface area contributed by atoms with Gasteiger partial charge in [0.1, 0.15) is 5.54 Å². The van der Waals surface area contributed by atoms with Gasteiger partial charge in [-0.2, -0.15) is 0 Å². The molecular weight excluding hydrogens is 397 g/mol. The average Bonchev–Trinajstić information content (AvgIpc) is 2.60. The molecule has 0 radical (unpaired) electrons. The van der Waals surface area contributed by atoms with Gasteiger partial charge >= 0.3 is 0 Å². The Labute approximate surface area is 188 Å². The first-order chi connectivity index (χ1) is 11.7. The fourth-order valence-electron chi connectivity index (χ4n) is 3.43. The Morgan fingerprint density at radius 2 is 1.04 bits per heavy atom. The Morgan fingerprint density at radius 1 is 0.630 bits per heavy atom. The van der Waals surface area contributed by atoms with Crippen LogP contribution in [0.4, 0.5) is 0 Å². The summed E-state index contributed by atoms with van der Waals surface area (Å²) in [4.78, 5) is 0. The van der Waals surface area contributed by atoms with Crippen molar-refractivity contribution in [2.24, 2.45) is 0 Å². The molecule has 27 heavy (non-hydrogen) atoms. The highest BCUT2D eigenvalue weighted by Gasteiger charge is 2.22. The van der Waals surface area contributed by atoms with Crippen molar-refractivity contribution < 1.29 is 42.5 Å². The van der Waals surface area contributed by atoms with Crippen molar-refractivity contribution in [2.45, 2.75) is 103 Å². The van der Waals surface area contributed by atoms with Crippen LogP contribution >= 0.6 is 0 Å². The second-order valence-corrected chi connectivity index (χ2v) is 7.97. The van der Waals surface area contributed by atoms with Gasteiger partial charge in [-0.05, 0) is 26.7 Å². The first-order valence-corrected chi connectivity index (χ1v) is 10.6. The molecule has 2 N–H and O–H groups in total. The Balaban J connectivity index is -0.00000192. The van der Waals surface area contributed by atoms with Gasteiger partial charge in [-0.1, -0.05) is 101 Å². The molecule has 0 aliphatic heterocycles. The van der Waals surface area contributed by atoms with Crippen LogP contribution < -0.4 is 42.5 Å². The van der Waals surface area contributed by atoms with E-state index in [2.05, 4.69) is 56.4 Å². The molecule has 0 saturated heterocycles. The molecule has 0 unspecified atom stereocenters. The maximum atomic E-state index is 2.51. The monoisotopic (exact) mass is 437 g/mol. The normalized spacial score (nSPS) is 10.5. The largest absolute Gasteiger partial charge is 1.00 e. The molecular formula is C23H42Cl3N-2. The fourth-order valence-corrected chi connectivity index (χ4v) is 3.43. The van der Waals surface area contributed by atoms with Crippen LogP contribution in [0.15, 0.2) is 30.3 Å². The minimum absolute atomic E-state index is 0. The van der Waals surface area contributed by atoms with Crippen LogP contribution in [0.2, 0.25) is 0 Å². The zero-order valence-corrected chi connectivity index (χ0v) is 20.1. The van der Waals surface area contributed by atoms with Crippen LogP contribution in [-0.4, -0.2) is 6.54 Å². The summed E-state index contributed by atoms with van der Waals surface area (Å²) in [7, 11) is 0. The third-order valence-corrected chi connectivity index (χ3v) is 5.23. The molecule has 0 bridgehead atoms. The van der Waals surface area contributed by atoms with Gasteiger partial charge in [0.25, 0.3) is 0 Å². The summed E-state index contributed by atoms with van der Waals surface area (Å²) in [6, 6.07) is 10.9. The van der Waals surface area contributed by atoms with Crippen LogP contribution in [0.5, 0.6) is 0 Å². The first kappa shape index (κ1) is 31.7. The fraction of sp³-hybridized carbons (Fsp3) is 0.739. The van der Waals surface area contributed by atoms with Crippen molar-refractivity contribution in [1.82, 2.24) is 0 Å². The van der Waals surface area contributed by atoms with Gasteiger partial charge in [0.2, 0.25) is 0 Å². The number of benzene rings is 1. The summed E-state index contributed by atoms with van der Waals surface area (Å²) in [6.07, 6.45) is 17.2. The summed E-state index contributed by atoms with van der Waals surface area (Å²) < 4.78 is 0. The number of unbranched alkanes of at least 4 members (excludes halogenated alkanes) is 11. The lowest BCUT2D eigenvalue weighted by molar-refractivity contribution is -0.729. The minimum Gasteiger partial charge on any atom is -1.00 e. The number of halogens is 3. The van der Waals surface area contributed by atoms with Gasteiger partial charge in [-0.15, -0.1) is 0 Å². The SMILES string of the molecule is CCCCCCCCCCCCCC[NH2+]C(C)(C)c1ccccc1.[Cl-].[Cl-].[Cl-]. The van der Waals surface area contributed by atoms with Gasteiger partial charge in [-0.3, -0.25) is 0 Å². The van der Waals surface area contributed by atoms with Gasteiger partial charge in [-0.25, -0.2) is 0 Å². The zero-order valence-electron chi connectivity index (χ0n) is 17.8. The van der Waals surface area contributed by atoms with Crippen molar-refractivity contribution in [3.8, 4) is 0 Å². The molecule has 1 aromatic rings. The van der Waals surface area contributed by atoms with E-state index in [1.165, 1.54) is 89.2 Å². The van der Waals surface area contributed by atoms with E-state index in [4.69, 9.17) is 0 Å². The lowest BCUT2D eigenvalue weighted by Crippen LogP contribution is -3.00. The van der Waals surface area contributed by atoms with Crippen LogP contribution in [-0.2, 0) is 5.54 Å². The summed E-state index contributed by atoms with van der Waals surface area (Å²) >= 11 is 0. The minimum atomic E-state index is 0. The molecule has 1 nitrogen and oxygen atoms in total. The Bertz CT molecular complexity index is 396. The van der Waals surface area contributed by atoms with Crippen molar-refractivity contribution in [1.29, 1.82) is 0 Å². The number of hydrogen-bond acceptors (Lipinski definition) is 0. The van der Waals surface area contributed by atoms with Gasteiger partial charge in [0.05, 0.1) is 6.54 Å². The second-order valence-electron chi connectivity index (χ2n) is 7.97. The van der Waals surface area contributed by atoms with Gasteiger partial charge in [0, 0.05) is 5.56 Å². The smallest absolute Gasteiger partial charge is 0.116 e. The highest BCUT2D eigenvalue weighted by atomic mass is 35.5. The standard InChI is InChI=1S/C23H41N.3ClH/c1-4-5-6-7-8-9-10-11-12-13-14-18-21-24-23(2,3)22-19-16-15-17-20-22;;;/h15-17,19-20,24H,4-14,18,21H2,1-3H3;3*1H/p-2. The molecule has 0 spiro atoms. The molecule has 162 valence electrons. The maximum absolute atomic E-state index is 2.51. The molecule has 0 atom stereocenters. The molecule has 1 aromatic carbocycles. The topological polar surface area (TPSA) is 16.6 Å². The first-order valence-electron chi connectivity index (χ1n) is 10.6. The predicted octanol–water partition coefficient (Wildman–Crippen LogP) is -2.80. The summed E-state index contributed by atoms with van der Waals surface area (Å²) in [5, 5.41) is 2.51. The lowest BCUT2D eigenvalue weighted by atomic mass is 9.94. The molecule has 0 fully saturated rings. The highest BCUT2D eigenvalue weighted by Crippen LogP contribution is 2.15. The van der Waals surface area contributed by atoms with E-state index >= 15 is 0 Å². The van der Waals surface area contributed by atoms with E-state index in [-0.39, 0.29) is 42.8 Å². The van der Waals surface area contributed by atoms with Crippen molar-refractivity contribution in [3.63, 3.8) is 0 Å². The van der Waals surface area contributed by atoms with E-state index in [1.807, 2.05) is 0 Å². The van der Waals surface area contributed by atoms with Crippen LogP contribution in [0, 0.1) is 0 Å². The Hall–Kier alpha value is 0.0500. The van der Waals surface area contributed by atoms with Crippen molar-refractivity contribution in [3.05, 3.63) is 35.9 Å². The van der Waals surface area contributed by atoms with Crippen LogP contribution in [0.25, 0.3) is 0 Å². The molecule has 0 saturated carbocycles. The molecule has 4 heteroatoms.